The van der Waals surface area contributed by atoms with Crippen molar-refractivity contribution in [2.45, 2.75) is 6.92 Å². The van der Waals surface area contributed by atoms with Crippen LogP contribution in [0.2, 0.25) is 0 Å². The van der Waals surface area contributed by atoms with Crippen LogP contribution in [-0.2, 0) is 4.79 Å². The van der Waals surface area contributed by atoms with Gasteiger partial charge in [0.05, 0.1) is 5.92 Å². The minimum atomic E-state index is -0.754. The predicted molar refractivity (Wildman–Crippen MR) is 41.6 cm³/mol. The van der Waals surface area contributed by atoms with Crippen LogP contribution >= 0.6 is 0 Å². The van der Waals surface area contributed by atoms with Crippen LogP contribution in [0.3, 0.4) is 0 Å². The number of nitrogens with one attached hydrogen (secondary N) is 1. The van der Waals surface area contributed by atoms with Gasteiger partial charge < -0.3 is 10.5 Å². The third-order valence-corrected chi connectivity index (χ3v) is 1.28. The first-order valence-electron chi connectivity index (χ1n) is 3.16. The SMILES string of the molecule is CNC(=O)C(C)/C(N=[N+]=[N-])=N/O. The highest BCUT2D eigenvalue weighted by molar-refractivity contribution is 6.02. The van der Waals surface area contributed by atoms with Gasteiger partial charge in [-0.2, -0.15) is 0 Å². The van der Waals surface area contributed by atoms with Crippen molar-refractivity contribution >= 4 is 11.7 Å². The van der Waals surface area contributed by atoms with Crippen LogP contribution in [0.25, 0.3) is 10.4 Å². The molecule has 0 aliphatic heterocycles. The van der Waals surface area contributed by atoms with Crippen molar-refractivity contribution < 1.29 is 10.0 Å². The van der Waals surface area contributed by atoms with Crippen molar-refractivity contribution in [3.05, 3.63) is 10.4 Å². The zero-order chi connectivity index (χ0) is 9.56. The van der Waals surface area contributed by atoms with Crippen molar-refractivity contribution in [2.75, 3.05) is 7.05 Å². The Labute approximate surface area is 68.7 Å². The zero-order valence-electron chi connectivity index (χ0n) is 6.72. The lowest BCUT2D eigenvalue weighted by Crippen LogP contribution is -2.30. The molecule has 0 radical (unpaired) electrons. The van der Waals surface area contributed by atoms with E-state index >= 15 is 0 Å². The van der Waals surface area contributed by atoms with E-state index < -0.39 is 5.92 Å². The second-order valence-electron chi connectivity index (χ2n) is 1.98. The molecule has 1 amide bonds. The second-order valence-corrected chi connectivity index (χ2v) is 1.98. The van der Waals surface area contributed by atoms with Crippen molar-refractivity contribution in [3.63, 3.8) is 0 Å². The Morgan fingerprint density at radius 2 is 2.33 bits per heavy atom. The van der Waals surface area contributed by atoms with Gasteiger partial charge in [0, 0.05) is 12.0 Å². The van der Waals surface area contributed by atoms with E-state index in [2.05, 4.69) is 20.5 Å². The summed E-state index contributed by atoms with van der Waals surface area (Å²) in [6.07, 6.45) is 0. The van der Waals surface area contributed by atoms with Crippen LogP contribution in [-0.4, -0.2) is 24.0 Å². The average molecular weight is 171 g/mol. The van der Waals surface area contributed by atoms with Gasteiger partial charge in [0.25, 0.3) is 0 Å². The summed E-state index contributed by atoms with van der Waals surface area (Å²) in [4.78, 5) is 13.3. The third kappa shape index (κ3) is 2.47. The quantitative estimate of drug-likeness (QED) is 0.120. The Hall–Kier alpha value is -1.75. The Kier molecular flexibility index (Phi) is 4.25. The molecule has 0 heterocycles. The number of rotatable bonds is 2. The van der Waals surface area contributed by atoms with Gasteiger partial charge in [0.15, 0.2) is 5.84 Å². The lowest BCUT2D eigenvalue weighted by Gasteiger charge is -2.05. The highest BCUT2D eigenvalue weighted by Gasteiger charge is 2.17. The molecule has 0 spiro atoms. The van der Waals surface area contributed by atoms with Gasteiger partial charge in [-0.15, -0.1) is 0 Å². The van der Waals surface area contributed by atoms with E-state index in [1.807, 2.05) is 0 Å². The summed E-state index contributed by atoms with van der Waals surface area (Å²) in [5.41, 5.74) is 8.01. The molecule has 7 nitrogen and oxygen atoms in total. The predicted octanol–water partition coefficient (Wildman–Crippen LogP) is 0.466. The summed E-state index contributed by atoms with van der Waals surface area (Å²) in [7, 11) is 1.43. The van der Waals surface area contributed by atoms with Crippen LogP contribution < -0.4 is 5.32 Å². The maximum Gasteiger partial charge on any atom is 0.228 e. The first-order chi connectivity index (χ1) is 5.67. The topological polar surface area (TPSA) is 110 Å². The smallest absolute Gasteiger partial charge is 0.228 e. The molecule has 0 saturated carbocycles. The van der Waals surface area contributed by atoms with Crippen molar-refractivity contribution in [3.8, 4) is 0 Å². The van der Waals surface area contributed by atoms with Crippen LogP contribution in [0, 0.1) is 5.92 Å². The summed E-state index contributed by atoms with van der Waals surface area (Å²) in [6, 6.07) is 0. The first kappa shape index (κ1) is 10.2. The molecule has 0 aromatic carbocycles. The Bertz CT molecular complexity index is 242. The largest absolute Gasteiger partial charge is 0.411 e. The van der Waals surface area contributed by atoms with Crippen molar-refractivity contribution in [2.24, 2.45) is 16.2 Å². The van der Waals surface area contributed by atoms with E-state index in [0.717, 1.165) is 0 Å². The molecule has 0 aliphatic rings. The molecule has 0 saturated heterocycles. The molecule has 2 N–H and O–H groups in total. The fourth-order valence-corrected chi connectivity index (χ4v) is 0.573. The van der Waals surface area contributed by atoms with E-state index in [4.69, 9.17) is 10.7 Å². The maximum absolute atomic E-state index is 10.9. The Morgan fingerprint density at radius 1 is 1.75 bits per heavy atom. The molecule has 0 rings (SSSR count). The zero-order valence-corrected chi connectivity index (χ0v) is 6.72. The van der Waals surface area contributed by atoms with Crippen LogP contribution in [0.15, 0.2) is 10.3 Å². The van der Waals surface area contributed by atoms with Crippen molar-refractivity contribution in [1.82, 2.24) is 5.32 Å². The summed E-state index contributed by atoms with van der Waals surface area (Å²) >= 11 is 0. The van der Waals surface area contributed by atoms with Gasteiger partial charge in [-0.1, -0.05) is 5.16 Å². The summed E-state index contributed by atoms with van der Waals surface area (Å²) in [5, 5.41) is 16.4. The van der Waals surface area contributed by atoms with E-state index in [1.54, 1.807) is 0 Å². The maximum atomic E-state index is 10.9. The number of hydrogen-bond donors (Lipinski definition) is 2. The lowest BCUT2D eigenvalue weighted by molar-refractivity contribution is -0.122. The first-order valence-corrected chi connectivity index (χ1v) is 3.16. The number of amides is 1. The molecule has 0 aliphatic carbocycles. The van der Waals surface area contributed by atoms with E-state index in [9.17, 15) is 4.79 Å². The summed E-state index contributed by atoms with van der Waals surface area (Å²) < 4.78 is 0. The minimum absolute atomic E-state index is 0.253. The summed E-state index contributed by atoms with van der Waals surface area (Å²) in [6.45, 7) is 1.46. The Balaban J connectivity index is 4.54. The van der Waals surface area contributed by atoms with Crippen molar-refractivity contribution in [1.29, 1.82) is 0 Å². The van der Waals surface area contributed by atoms with Crippen LogP contribution in [0.1, 0.15) is 6.92 Å². The fraction of sp³-hybridized carbons (Fsp3) is 0.600. The van der Waals surface area contributed by atoms with Gasteiger partial charge in [-0.05, 0) is 17.6 Å². The molecule has 0 aromatic rings. The van der Waals surface area contributed by atoms with Crippen LogP contribution in [0.5, 0.6) is 0 Å². The average Bonchev–Trinajstić information content (AvgIpc) is 2.11. The number of carbonyl (C=O) groups is 1. The molecule has 0 aromatic heterocycles. The molecule has 12 heavy (non-hydrogen) atoms. The molecule has 7 heteroatoms. The number of hydrogen-bond acceptors (Lipinski definition) is 3. The molecule has 0 bridgehead atoms. The van der Waals surface area contributed by atoms with Gasteiger partial charge in [0.2, 0.25) is 5.91 Å². The summed E-state index contributed by atoms with van der Waals surface area (Å²) in [5.74, 6) is -1.39. The number of carbonyl (C=O) groups excluding carboxylic acids is 1. The minimum Gasteiger partial charge on any atom is -0.411 e. The fourth-order valence-electron chi connectivity index (χ4n) is 0.573. The van der Waals surface area contributed by atoms with E-state index in [1.165, 1.54) is 14.0 Å². The monoisotopic (exact) mass is 171 g/mol. The molecule has 0 fully saturated rings. The molecule has 1 atom stereocenters. The normalized spacial score (nSPS) is 13.0. The van der Waals surface area contributed by atoms with Crippen LogP contribution in [0.4, 0.5) is 0 Å². The second kappa shape index (κ2) is 4.97. The highest BCUT2D eigenvalue weighted by Crippen LogP contribution is 2.00. The standard InChI is InChI=1S/C5H9N5O2/c1-3(5(11)7-2)4(9-12)8-10-6/h3,12H,1-2H3,(H,7,11)/b9-4-. The number of azide groups is 1. The Morgan fingerprint density at radius 3 is 2.67 bits per heavy atom. The lowest BCUT2D eigenvalue weighted by atomic mass is 10.1. The molecular weight excluding hydrogens is 162 g/mol. The number of amidine groups is 1. The molecular formula is C5H9N5O2. The van der Waals surface area contributed by atoms with Gasteiger partial charge in [-0.25, -0.2) is 0 Å². The van der Waals surface area contributed by atoms with Gasteiger partial charge in [0.1, 0.15) is 0 Å². The molecule has 1 unspecified atom stereocenters. The third-order valence-electron chi connectivity index (χ3n) is 1.28. The number of oxime groups is 1. The van der Waals surface area contributed by atoms with Gasteiger partial charge in [-0.3, -0.25) is 4.79 Å². The highest BCUT2D eigenvalue weighted by atomic mass is 16.4. The van der Waals surface area contributed by atoms with Gasteiger partial charge >= 0.3 is 0 Å². The number of nitrogens with zero attached hydrogens (tertiary/aromatic N) is 4. The van der Waals surface area contributed by atoms with E-state index in [0.29, 0.717) is 0 Å². The molecule has 66 valence electrons. The van der Waals surface area contributed by atoms with E-state index in [-0.39, 0.29) is 11.7 Å².